The van der Waals surface area contributed by atoms with Crippen molar-refractivity contribution in [2.45, 2.75) is 49.9 Å². The summed E-state index contributed by atoms with van der Waals surface area (Å²) >= 11 is 3.94. The highest BCUT2D eigenvalue weighted by Crippen LogP contribution is 2.03. The molecule has 0 saturated carbocycles. The molecule has 0 saturated heterocycles. The number of thiol groups is 1. The predicted molar refractivity (Wildman–Crippen MR) is 119 cm³/mol. The number of rotatable bonds is 16. The van der Waals surface area contributed by atoms with E-state index >= 15 is 0 Å². The Kier molecular flexibility index (Phi) is 14.2. The molecule has 0 aliphatic rings. The lowest BCUT2D eigenvalue weighted by Crippen LogP contribution is -2.58. The minimum Gasteiger partial charge on any atom is -0.481 e. The van der Waals surface area contributed by atoms with Crippen LogP contribution in [0.3, 0.4) is 0 Å². The number of aliphatic hydroxyl groups excluding tert-OH is 1. The van der Waals surface area contributed by atoms with E-state index in [0.717, 1.165) is 0 Å². The summed E-state index contributed by atoms with van der Waals surface area (Å²) in [4.78, 5) is 62.8. The van der Waals surface area contributed by atoms with Gasteiger partial charge < -0.3 is 48.5 Å². The number of aliphatic imine (C=N–C) groups is 1. The smallest absolute Gasteiger partial charge is 0.328 e. The standard InChI is InChI=1S/C17H31N7O8S/c18-8(2-1-5-21-17(19)20)13(28)22-9(3-4-12(26)27)14(29)24-11(7-33)15(30)23-10(6-25)16(31)32/h8-11,25,33H,1-7,18H2,(H,22,28)(H,23,30)(H,24,29)(H,26,27)(H,31,32)(H4,19,20,21). The highest BCUT2D eigenvalue weighted by molar-refractivity contribution is 7.80. The van der Waals surface area contributed by atoms with Crippen molar-refractivity contribution in [3.8, 4) is 0 Å². The highest BCUT2D eigenvalue weighted by Gasteiger charge is 2.29. The summed E-state index contributed by atoms with van der Waals surface area (Å²) in [5.41, 5.74) is 16.2. The van der Waals surface area contributed by atoms with Crippen LogP contribution >= 0.6 is 12.6 Å². The van der Waals surface area contributed by atoms with E-state index in [0.29, 0.717) is 6.42 Å². The van der Waals surface area contributed by atoms with Crippen LogP contribution in [0.1, 0.15) is 25.7 Å². The van der Waals surface area contributed by atoms with Gasteiger partial charge in [-0.2, -0.15) is 12.6 Å². The van der Waals surface area contributed by atoms with Crippen LogP contribution in [0.4, 0.5) is 0 Å². The van der Waals surface area contributed by atoms with Crippen molar-refractivity contribution in [1.82, 2.24) is 16.0 Å². The average molecular weight is 494 g/mol. The zero-order chi connectivity index (χ0) is 25.6. The van der Waals surface area contributed by atoms with E-state index in [9.17, 15) is 24.0 Å². The van der Waals surface area contributed by atoms with Gasteiger partial charge in [-0.25, -0.2) is 4.79 Å². The van der Waals surface area contributed by atoms with Gasteiger partial charge in [0.1, 0.15) is 18.1 Å². The number of nitrogens with zero attached hydrogens (tertiary/aromatic N) is 1. The van der Waals surface area contributed by atoms with Crippen LogP contribution in [0, 0.1) is 0 Å². The number of amides is 3. The molecule has 0 bridgehead atoms. The predicted octanol–water partition coefficient (Wildman–Crippen LogP) is -4.31. The first-order chi connectivity index (χ1) is 15.4. The number of hydrogen-bond donors (Lipinski definition) is 10. The summed E-state index contributed by atoms with van der Waals surface area (Å²) in [6, 6.07) is -5.31. The van der Waals surface area contributed by atoms with Crippen molar-refractivity contribution in [2.24, 2.45) is 22.2 Å². The lowest BCUT2D eigenvalue weighted by molar-refractivity contribution is -0.143. The van der Waals surface area contributed by atoms with Gasteiger partial charge in [0, 0.05) is 18.7 Å². The highest BCUT2D eigenvalue weighted by atomic mass is 32.1. The van der Waals surface area contributed by atoms with E-state index in [-0.39, 0.29) is 31.1 Å². The average Bonchev–Trinajstić information content (AvgIpc) is 2.74. The van der Waals surface area contributed by atoms with Crippen LogP contribution in [-0.4, -0.2) is 94.0 Å². The number of aliphatic hydroxyl groups is 1. The van der Waals surface area contributed by atoms with Crippen LogP contribution in [0.25, 0.3) is 0 Å². The van der Waals surface area contributed by atoms with Gasteiger partial charge in [0.05, 0.1) is 12.6 Å². The molecule has 0 radical (unpaired) electrons. The lowest BCUT2D eigenvalue weighted by Gasteiger charge is -2.24. The molecular formula is C17H31N7O8S. The number of guanidine groups is 1. The Hall–Kier alpha value is -3.11. The zero-order valence-corrected chi connectivity index (χ0v) is 18.7. The Morgan fingerprint density at radius 1 is 0.879 bits per heavy atom. The molecule has 0 heterocycles. The van der Waals surface area contributed by atoms with Gasteiger partial charge in [0.15, 0.2) is 5.96 Å². The fourth-order valence-electron chi connectivity index (χ4n) is 2.39. The van der Waals surface area contributed by atoms with Crippen molar-refractivity contribution in [3.63, 3.8) is 0 Å². The quantitative estimate of drug-likeness (QED) is 0.0425. The van der Waals surface area contributed by atoms with Gasteiger partial charge in [-0.1, -0.05) is 0 Å². The van der Waals surface area contributed by atoms with E-state index in [1.165, 1.54) is 0 Å². The molecule has 188 valence electrons. The summed E-state index contributed by atoms with van der Waals surface area (Å²) in [5.74, 6) is -5.66. The van der Waals surface area contributed by atoms with Crippen molar-refractivity contribution < 1.29 is 39.3 Å². The van der Waals surface area contributed by atoms with Gasteiger partial charge >= 0.3 is 11.9 Å². The van der Waals surface area contributed by atoms with Crippen LogP contribution in [0.15, 0.2) is 4.99 Å². The number of carboxylic acids is 2. The molecular weight excluding hydrogens is 462 g/mol. The largest absolute Gasteiger partial charge is 0.481 e. The molecule has 0 aromatic heterocycles. The third-order valence-corrected chi connectivity index (χ3v) is 4.56. The molecule has 16 heteroatoms. The fourth-order valence-corrected chi connectivity index (χ4v) is 2.65. The number of carbonyl (C=O) groups is 5. The zero-order valence-electron chi connectivity index (χ0n) is 17.8. The lowest BCUT2D eigenvalue weighted by atomic mass is 10.1. The summed E-state index contributed by atoms with van der Waals surface area (Å²) in [5, 5.41) is 33.5. The first kappa shape index (κ1) is 29.9. The number of carbonyl (C=O) groups excluding carboxylic acids is 3. The van der Waals surface area contributed by atoms with Gasteiger partial charge in [0.2, 0.25) is 17.7 Å². The fraction of sp³-hybridized carbons (Fsp3) is 0.647. The molecule has 0 rings (SSSR count). The first-order valence-electron chi connectivity index (χ1n) is 9.81. The van der Waals surface area contributed by atoms with Crippen molar-refractivity contribution in [3.05, 3.63) is 0 Å². The molecule has 0 fully saturated rings. The van der Waals surface area contributed by atoms with Crippen LogP contribution in [-0.2, 0) is 24.0 Å². The molecule has 4 unspecified atom stereocenters. The van der Waals surface area contributed by atoms with Crippen LogP contribution in [0.5, 0.6) is 0 Å². The Balaban J connectivity index is 5.15. The molecule has 0 aromatic carbocycles. The number of nitrogens with two attached hydrogens (primary N) is 3. The number of aliphatic carboxylic acids is 2. The first-order valence-corrected chi connectivity index (χ1v) is 10.4. The third kappa shape index (κ3) is 12.5. The maximum absolute atomic E-state index is 12.6. The van der Waals surface area contributed by atoms with Crippen molar-refractivity contribution in [2.75, 3.05) is 18.9 Å². The monoisotopic (exact) mass is 493 g/mol. The van der Waals surface area contributed by atoms with Gasteiger partial charge in [0.25, 0.3) is 0 Å². The van der Waals surface area contributed by atoms with E-state index in [2.05, 4.69) is 28.3 Å². The normalized spacial score (nSPS) is 14.2. The number of hydrogen-bond acceptors (Lipinski definition) is 9. The maximum Gasteiger partial charge on any atom is 0.328 e. The van der Waals surface area contributed by atoms with E-state index in [1.54, 1.807) is 0 Å². The Labute approximate surface area is 194 Å². The summed E-state index contributed by atoms with van der Waals surface area (Å²) in [6.45, 7) is -0.650. The minimum atomic E-state index is -1.60. The molecule has 33 heavy (non-hydrogen) atoms. The summed E-state index contributed by atoms with van der Waals surface area (Å²) < 4.78 is 0. The van der Waals surface area contributed by atoms with E-state index in [1.807, 2.05) is 5.32 Å². The minimum absolute atomic E-state index is 0.116. The molecule has 0 aliphatic carbocycles. The molecule has 15 nitrogen and oxygen atoms in total. The summed E-state index contributed by atoms with van der Waals surface area (Å²) in [7, 11) is 0. The Morgan fingerprint density at radius 3 is 1.91 bits per heavy atom. The van der Waals surface area contributed by atoms with E-state index in [4.69, 9.17) is 32.5 Å². The molecule has 3 amide bonds. The Morgan fingerprint density at radius 2 is 1.42 bits per heavy atom. The van der Waals surface area contributed by atoms with Gasteiger partial charge in [-0.3, -0.25) is 24.2 Å². The molecule has 12 N–H and O–H groups in total. The van der Waals surface area contributed by atoms with Crippen LogP contribution in [0.2, 0.25) is 0 Å². The third-order valence-electron chi connectivity index (χ3n) is 4.20. The van der Waals surface area contributed by atoms with Gasteiger partial charge in [-0.05, 0) is 19.3 Å². The molecule has 4 atom stereocenters. The molecule has 0 aliphatic heterocycles. The van der Waals surface area contributed by atoms with Crippen molar-refractivity contribution in [1.29, 1.82) is 0 Å². The maximum atomic E-state index is 12.6. The number of carboxylic acid groups (broad SMARTS) is 2. The van der Waals surface area contributed by atoms with E-state index < -0.39 is 66.9 Å². The SMILES string of the molecule is NC(N)=NCCCC(N)C(=O)NC(CCC(=O)O)C(=O)NC(CS)C(=O)NC(CO)C(=O)O. The number of nitrogens with one attached hydrogen (secondary N) is 3. The second kappa shape index (κ2) is 15.7. The Bertz CT molecular complexity index is 732. The second-order valence-electron chi connectivity index (χ2n) is 6.87. The molecule has 0 spiro atoms. The van der Waals surface area contributed by atoms with Gasteiger partial charge in [-0.15, -0.1) is 0 Å². The summed E-state index contributed by atoms with van der Waals surface area (Å²) in [6.07, 6.45) is -0.227. The topological polar surface area (TPSA) is 273 Å². The molecule has 0 aromatic rings. The van der Waals surface area contributed by atoms with Crippen molar-refractivity contribution >= 4 is 48.2 Å². The second-order valence-corrected chi connectivity index (χ2v) is 7.24. The van der Waals surface area contributed by atoms with Crippen LogP contribution < -0.4 is 33.2 Å².